The number of amides is 1. The molecule has 0 aliphatic heterocycles. The maximum Gasteiger partial charge on any atom is 0.238 e. The van der Waals surface area contributed by atoms with Crippen LogP contribution in [0.1, 0.15) is 18.0 Å². The molecule has 2 aromatic carbocycles. The minimum atomic E-state index is -0.168. The molecule has 0 fully saturated rings. The second-order valence-corrected chi connectivity index (χ2v) is 7.82. The highest BCUT2D eigenvalue weighted by molar-refractivity contribution is 7.18. The van der Waals surface area contributed by atoms with Gasteiger partial charge in [-0.2, -0.15) is 0 Å². The number of fused-ring (bicyclic) bond motifs is 1. The van der Waals surface area contributed by atoms with E-state index in [2.05, 4.69) is 16.4 Å². The van der Waals surface area contributed by atoms with Crippen LogP contribution in [0.4, 0.5) is 5.69 Å². The highest BCUT2D eigenvalue weighted by atomic mass is 35.5. The van der Waals surface area contributed by atoms with Crippen molar-refractivity contribution in [1.82, 2.24) is 9.88 Å². The molecule has 0 radical (unpaired) electrons. The fraction of sp³-hybridized carbons (Fsp3) is 0.300. The quantitative estimate of drug-likeness (QED) is 0.606. The summed E-state index contributed by atoms with van der Waals surface area (Å²) in [4.78, 5) is 19.2. The van der Waals surface area contributed by atoms with Crippen LogP contribution < -0.4 is 14.8 Å². The lowest BCUT2D eigenvalue weighted by atomic mass is 10.2. The van der Waals surface area contributed by atoms with Gasteiger partial charge in [0.2, 0.25) is 5.91 Å². The largest absolute Gasteiger partial charge is 0.495 e. The molecule has 1 amide bonds. The number of nitrogens with one attached hydrogen (secondary N) is 1. The zero-order valence-electron chi connectivity index (χ0n) is 16.2. The lowest BCUT2D eigenvalue weighted by molar-refractivity contribution is -0.117. The predicted octanol–water partition coefficient (Wildman–Crippen LogP) is 4.60. The molecule has 3 aromatic rings. The van der Waals surface area contributed by atoms with Crippen LogP contribution in [-0.2, 0) is 4.79 Å². The van der Waals surface area contributed by atoms with Crippen LogP contribution in [0, 0.1) is 0 Å². The van der Waals surface area contributed by atoms with E-state index in [9.17, 15) is 4.79 Å². The zero-order chi connectivity index (χ0) is 20.3. The number of benzene rings is 2. The summed E-state index contributed by atoms with van der Waals surface area (Å²) in [5.41, 5.74) is 1.49. The van der Waals surface area contributed by atoms with Gasteiger partial charge in [0.1, 0.15) is 16.5 Å². The van der Waals surface area contributed by atoms with Crippen LogP contribution in [0.25, 0.3) is 10.2 Å². The standard InChI is InChI=1S/C20H22ClN3O3S/c1-12(20-23-14-7-5-6-8-18(14)28-20)24(2)11-19(25)22-15-10-16(26-3)13(21)9-17(15)27-4/h5-10,12H,11H2,1-4H3,(H,22,25)/t12-/m1/s1. The molecule has 3 rings (SSSR count). The Balaban J connectivity index is 1.70. The molecule has 0 spiro atoms. The number of thiazole rings is 1. The fourth-order valence-corrected chi connectivity index (χ4v) is 4.08. The van der Waals surface area contributed by atoms with Gasteiger partial charge in [0.25, 0.3) is 0 Å². The summed E-state index contributed by atoms with van der Waals surface area (Å²) >= 11 is 7.75. The van der Waals surface area contributed by atoms with Gasteiger partial charge in [0.05, 0.1) is 47.7 Å². The normalized spacial score (nSPS) is 12.2. The minimum absolute atomic E-state index is 0.00444. The van der Waals surface area contributed by atoms with Crippen molar-refractivity contribution >= 4 is 44.7 Å². The van der Waals surface area contributed by atoms with Gasteiger partial charge in [-0.05, 0) is 26.1 Å². The number of methoxy groups -OCH3 is 2. The Morgan fingerprint density at radius 2 is 1.96 bits per heavy atom. The van der Waals surface area contributed by atoms with Gasteiger partial charge < -0.3 is 14.8 Å². The van der Waals surface area contributed by atoms with Crippen molar-refractivity contribution in [2.24, 2.45) is 0 Å². The Morgan fingerprint density at radius 1 is 1.25 bits per heavy atom. The Bertz CT molecular complexity index is 959. The molecular formula is C20H22ClN3O3S. The van der Waals surface area contributed by atoms with Crippen LogP contribution in [0.5, 0.6) is 11.5 Å². The maximum absolute atomic E-state index is 12.6. The van der Waals surface area contributed by atoms with Crippen molar-refractivity contribution in [3.05, 3.63) is 46.4 Å². The molecule has 1 heterocycles. The van der Waals surface area contributed by atoms with Crippen LogP contribution >= 0.6 is 22.9 Å². The lowest BCUT2D eigenvalue weighted by Gasteiger charge is -2.22. The number of hydrogen-bond acceptors (Lipinski definition) is 6. The van der Waals surface area contributed by atoms with Crippen LogP contribution in [0.3, 0.4) is 0 Å². The van der Waals surface area contributed by atoms with E-state index in [0.717, 1.165) is 15.2 Å². The van der Waals surface area contributed by atoms with E-state index in [1.165, 1.54) is 14.2 Å². The summed E-state index contributed by atoms with van der Waals surface area (Å²) in [6.07, 6.45) is 0. The summed E-state index contributed by atoms with van der Waals surface area (Å²) in [7, 11) is 4.94. The van der Waals surface area contributed by atoms with Crippen LogP contribution in [-0.4, -0.2) is 43.6 Å². The number of ether oxygens (including phenoxy) is 2. The minimum Gasteiger partial charge on any atom is -0.495 e. The molecule has 1 aromatic heterocycles. The number of anilines is 1. The molecule has 6 nitrogen and oxygen atoms in total. The molecule has 0 saturated heterocycles. The number of aromatic nitrogens is 1. The maximum atomic E-state index is 12.6. The summed E-state index contributed by atoms with van der Waals surface area (Å²) in [5, 5.41) is 4.26. The topological polar surface area (TPSA) is 63.7 Å². The van der Waals surface area contributed by atoms with E-state index in [-0.39, 0.29) is 18.5 Å². The number of likely N-dealkylation sites (N-methyl/N-ethyl adjacent to an activating group) is 1. The number of halogens is 1. The number of carbonyl (C=O) groups is 1. The first-order chi connectivity index (χ1) is 13.4. The third-order valence-corrected chi connectivity index (χ3v) is 5.97. The molecule has 8 heteroatoms. The Hall–Kier alpha value is -2.35. The van der Waals surface area contributed by atoms with Crippen molar-refractivity contribution in [3.8, 4) is 11.5 Å². The van der Waals surface area contributed by atoms with E-state index in [1.54, 1.807) is 23.5 Å². The molecule has 0 aliphatic rings. The van der Waals surface area contributed by atoms with E-state index in [0.29, 0.717) is 22.2 Å². The van der Waals surface area contributed by atoms with Gasteiger partial charge in [-0.3, -0.25) is 9.69 Å². The Labute approximate surface area is 173 Å². The van der Waals surface area contributed by atoms with Gasteiger partial charge in [0.15, 0.2) is 0 Å². The number of rotatable bonds is 7. The van der Waals surface area contributed by atoms with Gasteiger partial charge >= 0.3 is 0 Å². The first-order valence-corrected chi connectivity index (χ1v) is 9.89. The average molecular weight is 420 g/mol. The molecule has 0 unspecified atom stereocenters. The van der Waals surface area contributed by atoms with Crippen LogP contribution in [0.2, 0.25) is 5.02 Å². The Morgan fingerprint density at radius 3 is 2.64 bits per heavy atom. The predicted molar refractivity (Wildman–Crippen MR) is 114 cm³/mol. The summed E-state index contributed by atoms with van der Waals surface area (Å²) in [5.74, 6) is 0.771. The van der Waals surface area contributed by atoms with E-state index < -0.39 is 0 Å². The highest BCUT2D eigenvalue weighted by Crippen LogP contribution is 2.36. The van der Waals surface area contributed by atoms with E-state index in [1.807, 2.05) is 37.1 Å². The molecule has 1 atom stereocenters. The SMILES string of the molecule is COc1cc(NC(=O)CN(C)[C@H](C)c2nc3ccccc3s2)c(OC)cc1Cl. The smallest absolute Gasteiger partial charge is 0.238 e. The number of para-hydroxylation sites is 1. The monoisotopic (exact) mass is 419 g/mol. The van der Waals surface area contributed by atoms with Crippen molar-refractivity contribution in [3.63, 3.8) is 0 Å². The van der Waals surface area contributed by atoms with E-state index >= 15 is 0 Å². The summed E-state index contributed by atoms with van der Waals surface area (Å²) in [6, 6.07) is 11.3. The van der Waals surface area contributed by atoms with Crippen molar-refractivity contribution in [1.29, 1.82) is 0 Å². The number of nitrogens with zero attached hydrogens (tertiary/aromatic N) is 2. The lowest BCUT2D eigenvalue weighted by Crippen LogP contribution is -2.32. The van der Waals surface area contributed by atoms with Gasteiger partial charge in [-0.15, -0.1) is 11.3 Å². The molecule has 0 aliphatic carbocycles. The number of hydrogen-bond donors (Lipinski definition) is 1. The molecule has 148 valence electrons. The molecular weight excluding hydrogens is 398 g/mol. The first-order valence-electron chi connectivity index (χ1n) is 8.70. The summed E-state index contributed by atoms with van der Waals surface area (Å²) in [6.45, 7) is 2.24. The first kappa shape index (κ1) is 20.4. The van der Waals surface area contributed by atoms with Crippen LogP contribution in [0.15, 0.2) is 36.4 Å². The molecule has 28 heavy (non-hydrogen) atoms. The van der Waals surface area contributed by atoms with E-state index in [4.69, 9.17) is 21.1 Å². The van der Waals surface area contributed by atoms with Gasteiger partial charge in [-0.25, -0.2) is 4.98 Å². The number of carbonyl (C=O) groups excluding carboxylic acids is 1. The summed E-state index contributed by atoms with van der Waals surface area (Å²) < 4.78 is 11.7. The third-order valence-electron chi connectivity index (χ3n) is 4.47. The zero-order valence-corrected chi connectivity index (χ0v) is 17.7. The van der Waals surface area contributed by atoms with Gasteiger partial charge in [-0.1, -0.05) is 23.7 Å². The highest BCUT2D eigenvalue weighted by Gasteiger charge is 2.20. The second-order valence-electron chi connectivity index (χ2n) is 6.35. The molecule has 0 saturated carbocycles. The molecule has 0 bridgehead atoms. The van der Waals surface area contributed by atoms with Crippen molar-refractivity contribution in [2.45, 2.75) is 13.0 Å². The van der Waals surface area contributed by atoms with Gasteiger partial charge in [0, 0.05) is 12.1 Å². The third kappa shape index (κ3) is 4.38. The average Bonchev–Trinajstić information content (AvgIpc) is 3.12. The van der Waals surface area contributed by atoms with Crippen molar-refractivity contribution < 1.29 is 14.3 Å². The molecule has 1 N–H and O–H groups in total. The van der Waals surface area contributed by atoms with Crippen molar-refractivity contribution in [2.75, 3.05) is 33.1 Å². The Kier molecular flexibility index (Phi) is 6.39. The fourth-order valence-electron chi connectivity index (χ4n) is 2.77. The second kappa shape index (κ2) is 8.77.